The van der Waals surface area contributed by atoms with E-state index in [1.54, 1.807) is 0 Å². The van der Waals surface area contributed by atoms with E-state index in [4.69, 9.17) is 11.6 Å². The van der Waals surface area contributed by atoms with E-state index in [2.05, 4.69) is 11.9 Å². The highest BCUT2D eigenvalue weighted by Gasteiger charge is 2.14. The van der Waals surface area contributed by atoms with E-state index in [0.717, 1.165) is 6.08 Å². The second kappa shape index (κ2) is 5.14. The van der Waals surface area contributed by atoms with Gasteiger partial charge in [-0.1, -0.05) is 18.2 Å². The van der Waals surface area contributed by atoms with Gasteiger partial charge in [0.15, 0.2) is 9.84 Å². The van der Waals surface area contributed by atoms with Gasteiger partial charge in [0.2, 0.25) is 5.91 Å². The van der Waals surface area contributed by atoms with Crippen LogP contribution < -0.4 is 5.32 Å². The summed E-state index contributed by atoms with van der Waals surface area (Å²) < 4.78 is 23.3. The van der Waals surface area contributed by atoms with Crippen molar-refractivity contribution in [3.8, 4) is 0 Å². The molecular weight excluding hydrogens is 250 g/mol. The predicted molar refractivity (Wildman–Crippen MR) is 61.8 cm³/mol. The molecule has 0 aliphatic carbocycles. The maximum atomic E-state index is 11.7. The molecule has 1 aromatic rings. The molecule has 0 saturated heterocycles. The zero-order valence-corrected chi connectivity index (χ0v) is 9.88. The van der Waals surface area contributed by atoms with Crippen LogP contribution in [0.25, 0.3) is 0 Å². The molecule has 0 fully saturated rings. The normalized spacial score (nSPS) is 10.8. The predicted octanol–water partition coefficient (Wildman–Crippen LogP) is 1.37. The van der Waals surface area contributed by atoms with E-state index in [9.17, 15) is 13.2 Å². The van der Waals surface area contributed by atoms with Gasteiger partial charge in [-0.2, -0.15) is 0 Å². The van der Waals surface area contributed by atoms with E-state index in [1.165, 1.54) is 24.3 Å². The molecular formula is C10H10ClNO3S. The van der Waals surface area contributed by atoms with Crippen LogP contribution in [0.5, 0.6) is 0 Å². The van der Waals surface area contributed by atoms with Crippen molar-refractivity contribution in [2.75, 3.05) is 5.88 Å². The first-order valence-corrected chi connectivity index (χ1v) is 6.37. The fourth-order valence-corrected chi connectivity index (χ4v) is 2.14. The molecule has 0 spiro atoms. The SMILES string of the molecule is C=CC(=O)NCS(=O)(=O)c1ccc(Cl)cc1. The summed E-state index contributed by atoms with van der Waals surface area (Å²) in [6, 6.07) is 5.73. The lowest BCUT2D eigenvalue weighted by molar-refractivity contribution is -0.116. The number of hydrogen-bond donors (Lipinski definition) is 1. The number of nitrogens with one attached hydrogen (secondary N) is 1. The lowest BCUT2D eigenvalue weighted by Crippen LogP contribution is -2.27. The van der Waals surface area contributed by atoms with E-state index in [0.29, 0.717) is 5.02 Å². The van der Waals surface area contributed by atoms with Gasteiger partial charge in [0.1, 0.15) is 5.88 Å². The van der Waals surface area contributed by atoms with E-state index >= 15 is 0 Å². The Labute approximate surface area is 98.8 Å². The third-order valence-corrected chi connectivity index (χ3v) is 3.56. The Balaban J connectivity index is 2.82. The van der Waals surface area contributed by atoms with Crippen molar-refractivity contribution in [2.24, 2.45) is 0 Å². The number of halogens is 1. The summed E-state index contributed by atoms with van der Waals surface area (Å²) in [6.07, 6.45) is 1.01. The fourth-order valence-electron chi connectivity index (χ4n) is 0.964. The number of rotatable bonds is 4. The Morgan fingerprint density at radius 3 is 2.44 bits per heavy atom. The molecule has 1 rings (SSSR count). The molecule has 0 aliphatic rings. The minimum atomic E-state index is -3.52. The van der Waals surface area contributed by atoms with Crippen LogP contribution in [0.4, 0.5) is 0 Å². The van der Waals surface area contributed by atoms with Crippen LogP contribution in [-0.2, 0) is 14.6 Å². The number of benzene rings is 1. The highest BCUT2D eigenvalue weighted by atomic mass is 35.5. The molecule has 0 aliphatic heterocycles. The van der Waals surface area contributed by atoms with Crippen LogP contribution in [0.3, 0.4) is 0 Å². The molecule has 1 N–H and O–H groups in total. The smallest absolute Gasteiger partial charge is 0.244 e. The highest BCUT2D eigenvalue weighted by molar-refractivity contribution is 7.91. The summed E-state index contributed by atoms with van der Waals surface area (Å²) in [7, 11) is -3.52. The van der Waals surface area contributed by atoms with Crippen molar-refractivity contribution in [1.82, 2.24) is 5.32 Å². The molecule has 16 heavy (non-hydrogen) atoms. The number of sulfone groups is 1. The van der Waals surface area contributed by atoms with Crippen LogP contribution in [0, 0.1) is 0 Å². The second-order valence-electron chi connectivity index (χ2n) is 2.96. The third kappa shape index (κ3) is 3.36. The Morgan fingerprint density at radius 1 is 1.38 bits per heavy atom. The van der Waals surface area contributed by atoms with Crippen molar-refractivity contribution in [3.63, 3.8) is 0 Å². The molecule has 0 heterocycles. The Kier molecular flexibility index (Phi) is 4.09. The first kappa shape index (κ1) is 12.7. The molecule has 0 saturated carbocycles. The molecule has 6 heteroatoms. The summed E-state index contributed by atoms with van der Waals surface area (Å²) in [4.78, 5) is 10.9. The van der Waals surface area contributed by atoms with Crippen molar-refractivity contribution >= 4 is 27.3 Å². The largest absolute Gasteiger partial charge is 0.338 e. The molecule has 1 amide bonds. The lowest BCUT2D eigenvalue weighted by atomic mass is 10.4. The van der Waals surface area contributed by atoms with Gasteiger partial charge in [-0.05, 0) is 30.3 Å². The van der Waals surface area contributed by atoms with Crippen LogP contribution >= 0.6 is 11.6 Å². The summed E-state index contributed by atoms with van der Waals surface area (Å²) >= 11 is 5.63. The van der Waals surface area contributed by atoms with Gasteiger partial charge >= 0.3 is 0 Å². The van der Waals surface area contributed by atoms with Gasteiger partial charge in [-0.25, -0.2) is 8.42 Å². The average Bonchev–Trinajstić information content (AvgIpc) is 2.26. The molecule has 86 valence electrons. The average molecular weight is 260 g/mol. The number of hydrogen-bond acceptors (Lipinski definition) is 3. The Hall–Kier alpha value is -1.33. The molecule has 1 aromatic carbocycles. The summed E-state index contributed by atoms with van der Waals surface area (Å²) in [5, 5.41) is 2.66. The Bertz CT molecular complexity index is 493. The number of carbonyl (C=O) groups excluding carboxylic acids is 1. The van der Waals surface area contributed by atoms with Gasteiger partial charge in [0.25, 0.3) is 0 Å². The van der Waals surface area contributed by atoms with Crippen molar-refractivity contribution in [3.05, 3.63) is 41.9 Å². The molecule has 0 unspecified atom stereocenters. The number of amides is 1. The zero-order chi connectivity index (χ0) is 12.2. The standard InChI is InChI=1S/C10H10ClNO3S/c1-2-10(13)12-7-16(14,15)9-5-3-8(11)4-6-9/h2-6H,1,7H2,(H,12,13). The maximum Gasteiger partial charge on any atom is 0.244 e. The quantitative estimate of drug-likeness (QED) is 0.831. The lowest BCUT2D eigenvalue weighted by Gasteiger charge is -2.04. The topological polar surface area (TPSA) is 63.2 Å². The van der Waals surface area contributed by atoms with Crippen molar-refractivity contribution in [1.29, 1.82) is 0 Å². The van der Waals surface area contributed by atoms with Crippen LogP contribution in [0.1, 0.15) is 0 Å². The third-order valence-electron chi connectivity index (χ3n) is 1.79. The second-order valence-corrected chi connectivity index (χ2v) is 5.38. The first-order valence-electron chi connectivity index (χ1n) is 4.34. The van der Waals surface area contributed by atoms with Gasteiger partial charge < -0.3 is 5.32 Å². The van der Waals surface area contributed by atoms with Crippen LogP contribution in [0.15, 0.2) is 41.8 Å². The monoisotopic (exact) mass is 259 g/mol. The van der Waals surface area contributed by atoms with E-state index in [-0.39, 0.29) is 4.90 Å². The van der Waals surface area contributed by atoms with Crippen LogP contribution in [-0.4, -0.2) is 20.2 Å². The summed E-state index contributed by atoms with van der Waals surface area (Å²) in [5.41, 5.74) is 0. The highest BCUT2D eigenvalue weighted by Crippen LogP contribution is 2.14. The minimum absolute atomic E-state index is 0.112. The molecule has 4 nitrogen and oxygen atoms in total. The van der Waals surface area contributed by atoms with E-state index < -0.39 is 21.6 Å². The molecule has 0 atom stereocenters. The van der Waals surface area contributed by atoms with Crippen LogP contribution in [0.2, 0.25) is 5.02 Å². The Morgan fingerprint density at radius 2 is 1.94 bits per heavy atom. The minimum Gasteiger partial charge on any atom is -0.338 e. The molecule has 0 aromatic heterocycles. The first-order chi connectivity index (χ1) is 7.45. The van der Waals surface area contributed by atoms with Gasteiger partial charge in [0, 0.05) is 5.02 Å². The zero-order valence-electron chi connectivity index (χ0n) is 8.31. The molecule has 0 bridgehead atoms. The summed E-state index contributed by atoms with van der Waals surface area (Å²) in [6.45, 7) is 3.22. The van der Waals surface area contributed by atoms with Crippen molar-refractivity contribution < 1.29 is 13.2 Å². The fraction of sp³-hybridized carbons (Fsp3) is 0.100. The van der Waals surface area contributed by atoms with E-state index in [1.807, 2.05) is 0 Å². The number of carbonyl (C=O) groups is 1. The summed E-state index contributed by atoms with van der Waals surface area (Å²) in [5.74, 6) is -0.989. The van der Waals surface area contributed by atoms with Gasteiger partial charge in [-0.15, -0.1) is 0 Å². The maximum absolute atomic E-state index is 11.7. The van der Waals surface area contributed by atoms with Gasteiger partial charge in [0.05, 0.1) is 4.90 Å². The van der Waals surface area contributed by atoms with Gasteiger partial charge in [-0.3, -0.25) is 4.79 Å². The van der Waals surface area contributed by atoms with Crippen molar-refractivity contribution in [2.45, 2.75) is 4.90 Å². The molecule has 0 radical (unpaired) electrons.